The number of aliphatic carboxylic acids is 1. The van der Waals surface area contributed by atoms with Gasteiger partial charge in [0.05, 0.1) is 18.3 Å². The number of fused-ring (bicyclic) bond motifs is 5. The van der Waals surface area contributed by atoms with Crippen molar-refractivity contribution in [2.75, 3.05) is 0 Å². The topological polar surface area (TPSA) is 98.0 Å². The molecule has 166 valence electrons. The maximum absolute atomic E-state index is 11.5. The number of carboxylic acid groups (broad SMARTS) is 1. The third-order valence-corrected chi connectivity index (χ3v) is 10.3. The molecule has 0 radical (unpaired) electrons. The first-order chi connectivity index (χ1) is 13.6. The molecule has 0 spiro atoms. The second kappa shape index (κ2) is 7.49. The molecule has 0 aromatic carbocycles. The second-order valence-corrected chi connectivity index (χ2v) is 11.4. The molecule has 4 saturated carbocycles. The molecule has 0 aliphatic heterocycles. The van der Waals surface area contributed by atoms with Crippen molar-refractivity contribution in [3.8, 4) is 0 Å². The van der Waals surface area contributed by atoms with Gasteiger partial charge in [0.15, 0.2) is 0 Å². The summed E-state index contributed by atoms with van der Waals surface area (Å²) in [4.78, 5) is 11.1. The molecule has 29 heavy (non-hydrogen) atoms. The Morgan fingerprint density at radius 1 is 1.03 bits per heavy atom. The van der Waals surface area contributed by atoms with Gasteiger partial charge in [-0.15, -0.1) is 0 Å². The molecular formula is C24H40O5. The van der Waals surface area contributed by atoms with Gasteiger partial charge in [0.2, 0.25) is 0 Å². The van der Waals surface area contributed by atoms with E-state index in [1.54, 1.807) is 0 Å². The van der Waals surface area contributed by atoms with E-state index in [2.05, 4.69) is 20.8 Å². The Morgan fingerprint density at radius 3 is 2.45 bits per heavy atom. The molecule has 4 aliphatic rings. The van der Waals surface area contributed by atoms with Crippen LogP contribution in [0.1, 0.15) is 78.6 Å². The van der Waals surface area contributed by atoms with Gasteiger partial charge in [0, 0.05) is 6.42 Å². The second-order valence-electron chi connectivity index (χ2n) is 11.4. The van der Waals surface area contributed by atoms with Gasteiger partial charge in [-0.25, -0.2) is 0 Å². The number of aliphatic hydroxyl groups is 3. The van der Waals surface area contributed by atoms with Crippen LogP contribution < -0.4 is 0 Å². The van der Waals surface area contributed by atoms with Crippen molar-refractivity contribution < 1.29 is 25.2 Å². The van der Waals surface area contributed by atoms with Gasteiger partial charge < -0.3 is 20.4 Å². The van der Waals surface area contributed by atoms with Crippen LogP contribution in [0, 0.1) is 46.3 Å². The van der Waals surface area contributed by atoms with Crippen LogP contribution in [0.4, 0.5) is 0 Å². The summed E-state index contributed by atoms with van der Waals surface area (Å²) in [5.41, 5.74) is -0.143. The van der Waals surface area contributed by atoms with Crippen molar-refractivity contribution in [3.63, 3.8) is 0 Å². The van der Waals surface area contributed by atoms with Crippen molar-refractivity contribution in [1.82, 2.24) is 0 Å². The van der Waals surface area contributed by atoms with Crippen molar-refractivity contribution in [2.24, 2.45) is 46.3 Å². The zero-order valence-electron chi connectivity index (χ0n) is 18.3. The Hall–Kier alpha value is -0.650. The number of carbonyl (C=O) groups is 1. The maximum Gasteiger partial charge on any atom is 0.303 e. The lowest BCUT2D eigenvalue weighted by Crippen LogP contribution is -2.62. The molecule has 4 rings (SSSR count). The molecule has 3 unspecified atom stereocenters. The third kappa shape index (κ3) is 3.27. The highest BCUT2D eigenvalue weighted by molar-refractivity contribution is 5.66. The summed E-state index contributed by atoms with van der Waals surface area (Å²) in [6, 6.07) is 0. The summed E-state index contributed by atoms with van der Waals surface area (Å²) in [5.74, 6) is 0.997. The van der Waals surface area contributed by atoms with Gasteiger partial charge in [-0.05, 0) is 97.7 Å². The first-order valence-corrected chi connectivity index (χ1v) is 11.8. The largest absolute Gasteiger partial charge is 0.481 e. The van der Waals surface area contributed by atoms with E-state index in [1.807, 2.05) is 0 Å². The molecule has 4 fully saturated rings. The normalized spacial score (nSPS) is 52.9. The minimum atomic E-state index is -0.748. The molecule has 0 bridgehead atoms. The van der Waals surface area contributed by atoms with Gasteiger partial charge in [-0.3, -0.25) is 4.79 Å². The Kier molecular flexibility index (Phi) is 5.57. The van der Waals surface area contributed by atoms with Crippen molar-refractivity contribution in [2.45, 2.75) is 96.9 Å². The first kappa shape index (κ1) is 21.6. The Labute approximate surface area is 174 Å². The fraction of sp³-hybridized carbons (Fsp3) is 0.958. The number of carboxylic acids is 1. The van der Waals surface area contributed by atoms with Gasteiger partial charge in [0.25, 0.3) is 0 Å². The van der Waals surface area contributed by atoms with Crippen LogP contribution >= 0.6 is 0 Å². The molecule has 0 aromatic heterocycles. The van der Waals surface area contributed by atoms with Crippen LogP contribution in [0.25, 0.3) is 0 Å². The lowest BCUT2D eigenvalue weighted by molar-refractivity contribution is -0.207. The van der Waals surface area contributed by atoms with E-state index in [9.17, 15) is 20.1 Å². The molecule has 0 saturated heterocycles. The predicted molar refractivity (Wildman–Crippen MR) is 110 cm³/mol. The Balaban J connectivity index is 1.61. The lowest BCUT2D eigenvalue weighted by Gasteiger charge is -2.63. The SMILES string of the molecule is C[C@H](CCC(=O)O)[C@H]1CC[C@H]2C3C(O)C[C@H]4C[C@H](O)CC[C@]4(C)C3C[C@H](O)[C@]12C. The number of rotatable bonds is 4. The molecule has 5 nitrogen and oxygen atoms in total. The highest BCUT2D eigenvalue weighted by Crippen LogP contribution is 2.68. The molecule has 0 amide bonds. The fourth-order valence-electron chi connectivity index (χ4n) is 8.68. The van der Waals surface area contributed by atoms with Crippen molar-refractivity contribution >= 4 is 5.97 Å². The standard InChI is InChI=1S/C24H40O5/c1-13(4-7-21(28)29)16-5-6-17-22-18(12-20(27)24(16,17)3)23(2)9-8-15(25)10-14(23)11-19(22)26/h13-20,22,25-27H,4-12H2,1-3H3,(H,28,29)/t13-,14-,15-,16-,17+,18?,19?,20+,22?,23+,24-/m1/s1. The summed E-state index contributed by atoms with van der Waals surface area (Å²) >= 11 is 0. The van der Waals surface area contributed by atoms with Crippen LogP contribution in [0.2, 0.25) is 0 Å². The van der Waals surface area contributed by atoms with E-state index in [-0.39, 0.29) is 41.3 Å². The van der Waals surface area contributed by atoms with Crippen LogP contribution in [-0.2, 0) is 4.79 Å². The van der Waals surface area contributed by atoms with Gasteiger partial charge in [0.1, 0.15) is 0 Å². The van der Waals surface area contributed by atoms with E-state index < -0.39 is 12.1 Å². The average Bonchev–Trinajstić information content (AvgIpc) is 3.01. The number of hydrogen-bond acceptors (Lipinski definition) is 4. The number of hydrogen-bond donors (Lipinski definition) is 4. The molecule has 0 heterocycles. The van der Waals surface area contributed by atoms with Crippen molar-refractivity contribution in [1.29, 1.82) is 0 Å². The van der Waals surface area contributed by atoms with Gasteiger partial charge in [-0.1, -0.05) is 20.8 Å². The highest BCUT2D eigenvalue weighted by Gasteiger charge is 2.65. The zero-order chi connectivity index (χ0) is 21.1. The van der Waals surface area contributed by atoms with E-state index in [0.717, 1.165) is 44.9 Å². The van der Waals surface area contributed by atoms with Gasteiger partial charge >= 0.3 is 5.97 Å². The number of aliphatic hydroxyl groups excluding tert-OH is 3. The van der Waals surface area contributed by atoms with E-state index >= 15 is 0 Å². The lowest BCUT2D eigenvalue weighted by atomic mass is 9.43. The third-order valence-electron chi connectivity index (χ3n) is 10.3. The minimum Gasteiger partial charge on any atom is -0.481 e. The summed E-state index contributed by atoms with van der Waals surface area (Å²) < 4.78 is 0. The van der Waals surface area contributed by atoms with Gasteiger partial charge in [-0.2, -0.15) is 0 Å². The maximum atomic E-state index is 11.5. The highest BCUT2D eigenvalue weighted by atomic mass is 16.4. The summed E-state index contributed by atoms with van der Waals surface area (Å²) in [5, 5.41) is 42.0. The Bertz CT molecular complexity index is 637. The average molecular weight is 409 g/mol. The predicted octanol–water partition coefficient (Wildman–Crippen LogP) is 3.45. The molecule has 4 N–H and O–H groups in total. The minimum absolute atomic E-state index is 0.0957. The van der Waals surface area contributed by atoms with Crippen molar-refractivity contribution in [3.05, 3.63) is 0 Å². The smallest absolute Gasteiger partial charge is 0.303 e. The summed E-state index contributed by atoms with van der Waals surface area (Å²) in [6.07, 6.45) is 6.00. The van der Waals surface area contributed by atoms with E-state index in [4.69, 9.17) is 5.11 Å². The molecule has 0 aromatic rings. The quantitative estimate of drug-likeness (QED) is 0.571. The summed E-state index contributed by atoms with van der Waals surface area (Å²) in [6.45, 7) is 6.72. The first-order valence-electron chi connectivity index (χ1n) is 11.8. The summed E-state index contributed by atoms with van der Waals surface area (Å²) in [7, 11) is 0. The molecule has 4 aliphatic carbocycles. The zero-order valence-corrected chi connectivity index (χ0v) is 18.3. The fourth-order valence-corrected chi connectivity index (χ4v) is 8.68. The molecule has 11 atom stereocenters. The van der Waals surface area contributed by atoms with E-state index in [0.29, 0.717) is 30.1 Å². The Morgan fingerprint density at radius 2 is 1.76 bits per heavy atom. The van der Waals surface area contributed by atoms with Crippen LogP contribution in [0.3, 0.4) is 0 Å². The molecular weight excluding hydrogens is 368 g/mol. The van der Waals surface area contributed by atoms with Crippen LogP contribution in [0.5, 0.6) is 0 Å². The van der Waals surface area contributed by atoms with Crippen LogP contribution in [-0.4, -0.2) is 44.7 Å². The van der Waals surface area contributed by atoms with E-state index in [1.165, 1.54) is 0 Å². The monoisotopic (exact) mass is 408 g/mol. The molecule has 5 heteroatoms. The van der Waals surface area contributed by atoms with Crippen LogP contribution in [0.15, 0.2) is 0 Å².